The van der Waals surface area contributed by atoms with Crippen molar-refractivity contribution in [3.63, 3.8) is 0 Å². The summed E-state index contributed by atoms with van der Waals surface area (Å²) < 4.78 is 30.5. The second-order valence-corrected chi connectivity index (χ2v) is 8.44. The van der Waals surface area contributed by atoms with Crippen LogP contribution in [0.25, 0.3) is 10.2 Å². The molecule has 0 saturated heterocycles. The molecule has 3 rings (SSSR count). The summed E-state index contributed by atoms with van der Waals surface area (Å²) in [6.07, 6.45) is 1.58. The molecule has 0 fully saturated rings. The maximum atomic E-state index is 12.7. The van der Waals surface area contributed by atoms with Crippen LogP contribution in [-0.4, -0.2) is 13.0 Å². The lowest BCUT2D eigenvalue weighted by Gasteiger charge is -2.11. The summed E-state index contributed by atoms with van der Waals surface area (Å²) >= 11 is 1.08. The van der Waals surface area contributed by atoms with Crippen LogP contribution in [0.3, 0.4) is 0 Å². The van der Waals surface area contributed by atoms with Crippen molar-refractivity contribution in [1.82, 2.24) is 4.57 Å². The fourth-order valence-electron chi connectivity index (χ4n) is 2.78. The molecule has 3 aromatic rings. The fraction of sp³-hybridized carbons (Fsp3) is 0.278. The van der Waals surface area contributed by atoms with Gasteiger partial charge in [-0.3, -0.25) is 14.1 Å². The number of anilines is 1. The van der Waals surface area contributed by atoms with E-state index in [1.54, 1.807) is 34.9 Å². The van der Waals surface area contributed by atoms with E-state index in [4.69, 9.17) is 0 Å². The quantitative estimate of drug-likeness (QED) is 0.711. The number of benzene rings is 2. The zero-order valence-corrected chi connectivity index (χ0v) is 15.8. The number of rotatable bonds is 6. The first-order valence-electron chi connectivity index (χ1n) is 8.20. The van der Waals surface area contributed by atoms with E-state index >= 15 is 0 Å². The Labute approximate surface area is 151 Å². The molecule has 0 aliphatic heterocycles. The topological polar surface area (TPSA) is 68.2 Å². The van der Waals surface area contributed by atoms with Crippen molar-refractivity contribution in [3.8, 4) is 0 Å². The summed E-state index contributed by atoms with van der Waals surface area (Å²) in [7, 11) is -3.71. The smallest absolute Gasteiger partial charge is 0.299 e. The molecule has 0 unspecified atom stereocenters. The van der Waals surface area contributed by atoms with E-state index in [-0.39, 0.29) is 9.77 Å². The first-order chi connectivity index (χ1) is 12.0. The van der Waals surface area contributed by atoms with Gasteiger partial charge in [-0.1, -0.05) is 43.4 Å². The molecule has 0 aliphatic carbocycles. The molecule has 132 valence electrons. The van der Waals surface area contributed by atoms with E-state index in [1.807, 2.05) is 26.0 Å². The van der Waals surface area contributed by atoms with Gasteiger partial charge in [0.25, 0.3) is 10.0 Å². The van der Waals surface area contributed by atoms with E-state index in [1.165, 1.54) is 0 Å². The Morgan fingerprint density at radius 2 is 1.88 bits per heavy atom. The summed E-state index contributed by atoms with van der Waals surface area (Å²) in [6.45, 7) is 4.62. The van der Waals surface area contributed by atoms with Crippen molar-refractivity contribution in [3.05, 3.63) is 57.7 Å². The lowest BCUT2D eigenvalue weighted by atomic mass is 10.1. The van der Waals surface area contributed by atoms with Gasteiger partial charge in [0.15, 0.2) is 0 Å². The number of aromatic nitrogens is 1. The van der Waals surface area contributed by atoms with Gasteiger partial charge in [-0.2, -0.15) is 0 Å². The summed E-state index contributed by atoms with van der Waals surface area (Å²) in [5, 5.41) is 0. The van der Waals surface area contributed by atoms with Crippen molar-refractivity contribution >= 4 is 37.3 Å². The zero-order chi connectivity index (χ0) is 18.0. The van der Waals surface area contributed by atoms with Crippen LogP contribution in [0, 0.1) is 0 Å². The Bertz CT molecular complexity index is 1070. The van der Waals surface area contributed by atoms with E-state index in [0.29, 0.717) is 16.9 Å². The average Bonchev–Trinajstić information content (AvgIpc) is 2.90. The van der Waals surface area contributed by atoms with Crippen molar-refractivity contribution in [2.24, 2.45) is 0 Å². The number of hydrogen-bond donors (Lipinski definition) is 1. The third kappa shape index (κ3) is 3.48. The van der Waals surface area contributed by atoms with E-state index in [9.17, 15) is 13.2 Å². The highest BCUT2D eigenvalue weighted by Crippen LogP contribution is 2.25. The van der Waals surface area contributed by atoms with Gasteiger partial charge in [-0.05, 0) is 42.7 Å². The number of aryl methyl sites for hydroxylation is 2. The molecule has 5 nitrogen and oxygen atoms in total. The standard InChI is InChI=1S/C18H20N2O3S2/c1-3-11-20-16-10-9-14(12-17(16)24-18(20)21)25(22,23)19-15-8-6-5-7-13(15)4-2/h5-10,12,19H,3-4,11H2,1-2H3. The third-order valence-corrected chi connectivity index (χ3v) is 6.34. The van der Waals surface area contributed by atoms with Crippen molar-refractivity contribution in [2.45, 2.75) is 38.1 Å². The molecule has 0 spiro atoms. The first-order valence-corrected chi connectivity index (χ1v) is 10.5. The normalized spacial score (nSPS) is 11.8. The number of nitrogens with one attached hydrogen (secondary N) is 1. The second kappa shape index (κ2) is 7.01. The number of para-hydroxylation sites is 1. The van der Waals surface area contributed by atoms with Crippen LogP contribution < -0.4 is 9.60 Å². The minimum atomic E-state index is -3.71. The molecule has 1 N–H and O–H groups in total. The maximum Gasteiger partial charge on any atom is 0.308 e. The molecule has 0 atom stereocenters. The number of hydrogen-bond acceptors (Lipinski definition) is 4. The molecule has 1 aromatic heterocycles. The molecule has 25 heavy (non-hydrogen) atoms. The summed E-state index contributed by atoms with van der Waals surface area (Å²) in [4.78, 5) is 12.2. The molecule has 0 radical (unpaired) electrons. The molecule has 0 saturated carbocycles. The predicted molar refractivity (Wildman–Crippen MR) is 103 cm³/mol. The van der Waals surface area contributed by atoms with Gasteiger partial charge in [-0.15, -0.1) is 0 Å². The van der Waals surface area contributed by atoms with Crippen LogP contribution in [0.4, 0.5) is 5.69 Å². The number of nitrogens with zero attached hydrogens (tertiary/aromatic N) is 1. The zero-order valence-electron chi connectivity index (χ0n) is 14.2. The molecular formula is C18H20N2O3S2. The molecule has 0 aliphatic rings. The van der Waals surface area contributed by atoms with E-state index < -0.39 is 10.0 Å². The summed E-state index contributed by atoms with van der Waals surface area (Å²) in [5.41, 5.74) is 2.30. The van der Waals surface area contributed by atoms with Crippen LogP contribution >= 0.6 is 11.3 Å². The van der Waals surface area contributed by atoms with Gasteiger partial charge in [0.05, 0.1) is 20.8 Å². The van der Waals surface area contributed by atoms with Crippen LogP contribution in [0.2, 0.25) is 0 Å². The Morgan fingerprint density at radius 1 is 1.12 bits per heavy atom. The average molecular weight is 377 g/mol. The predicted octanol–water partition coefficient (Wildman–Crippen LogP) is 3.84. The maximum absolute atomic E-state index is 12.7. The lowest BCUT2D eigenvalue weighted by Crippen LogP contribution is -2.14. The highest BCUT2D eigenvalue weighted by molar-refractivity contribution is 7.92. The van der Waals surface area contributed by atoms with Gasteiger partial charge in [-0.25, -0.2) is 8.42 Å². The number of fused-ring (bicyclic) bond motifs is 1. The monoisotopic (exact) mass is 376 g/mol. The molecular weight excluding hydrogens is 356 g/mol. The Kier molecular flexibility index (Phi) is 4.96. The Balaban J connectivity index is 2.01. The van der Waals surface area contributed by atoms with E-state index in [0.717, 1.165) is 35.3 Å². The minimum absolute atomic E-state index is 0.0596. The molecule has 0 bridgehead atoms. The van der Waals surface area contributed by atoms with Crippen molar-refractivity contribution in [2.75, 3.05) is 4.72 Å². The molecule has 1 heterocycles. The van der Waals surface area contributed by atoms with Crippen molar-refractivity contribution < 1.29 is 8.42 Å². The molecule has 2 aromatic carbocycles. The number of thiazole rings is 1. The van der Waals surface area contributed by atoms with Gasteiger partial charge in [0.1, 0.15) is 0 Å². The van der Waals surface area contributed by atoms with E-state index in [2.05, 4.69) is 4.72 Å². The largest absolute Gasteiger partial charge is 0.308 e. The number of sulfonamides is 1. The third-order valence-electron chi connectivity index (χ3n) is 4.04. The summed E-state index contributed by atoms with van der Waals surface area (Å²) in [5.74, 6) is 0. The lowest BCUT2D eigenvalue weighted by molar-refractivity contribution is 0.601. The van der Waals surface area contributed by atoms with Crippen LogP contribution in [0.5, 0.6) is 0 Å². The van der Waals surface area contributed by atoms with Gasteiger partial charge in [0, 0.05) is 6.54 Å². The van der Waals surface area contributed by atoms with Gasteiger partial charge >= 0.3 is 4.87 Å². The second-order valence-electron chi connectivity index (χ2n) is 5.77. The van der Waals surface area contributed by atoms with Gasteiger partial charge < -0.3 is 0 Å². The Hall–Kier alpha value is -2.12. The van der Waals surface area contributed by atoms with Crippen LogP contribution in [-0.2, 0) is 23.0 Å². The van der Waals surface area contributed by atoms with Crippen LogP contribution in [0.15, 0.2) is 52.2 Å². The molecule has 7 heteroatoms. The first kappa shape index (κ1) is 17.7. The minimum Gasteiger partial charge on any atom is -0.299 e. The highest BCUT2D eigenvalue weighted by atomic mass is 32.2. The fourth-order valence-corrected chi connectivity index (χ4v) is 4.94. The SMILES string of the molecule is CCCn1c(=O)sc2cc(S(=O)(=O)Nc3ccccc3CC)ccc21. The van der Waals surface area contributed by atoms with Crippen LogP contribution in [0.1, 0.15) is 25.8 Å². The van der Waals surface area contributed by atoms with Crippen molar-refractivity contribution in [1.29, 1.82) is 0 Å². The highest BCUT2D eigenvalue weighted by Gasteiger charge is 2.18. The van der Waals surface area contributed by atoms with Gasteiger partial charge in [0.2, 0.25) is 0 Å². The molecule has 0 amide bonds. The summed E-state index contributed by atoms with van der Waals surface area (Å²) in [6, 6.07) is 12.2. The Morgan fingerprint density at radius 3 is 2.60 bits per heavy atom.